The Kier molecular flexibility index (Phi) is 15.3. The topological polar surface area (TPSA) is 49.7 Å². The van der Waals surface area contributed by atoms with Gasteiger partial charge in [-0.25, -0.2) is 4.39 Å². The third kappa shape index (κ3) is 10.5. The van der Waals surface area contributed by atoms with Crippen molar-refractivity contribution in [3.05, 3.63) is 53.9 Å². The first-order valence-corrected chi connectivity index (χ1v) is 15.5. The Morgan fingerprint density at radius 1 is 0.842 bits per heavy atom. The average Bonchev–Trinajstić information content (AvgIpc) is 2.98. The van der Waals surface area contributed by atoms with Crippen LogP contribution < -0.4 is 4.18 Å². The lowest BCUT2D eigenvalue weighted by Crippen LogP contribution is -2.15. The molecule has 0 radical (unpaired) electrons. The van der Waals surface area contributed by atoms with Gasteiger partial charge >= 0.3 is 4.59 Å². The van der Waals surface area contributed by atoms with Gasteiger partial charge in [-0.1, -0.05) is 83.1 Å². The van der Waals surface area contributed by atoms with E-state index in [0.29, 0.717) is 23.5 Å². The lowest BCUT2D eigenvalue weighted by Gasteiger charge is -2.32. The van der Waals surface area contributed by atoms with Gasteiger partial charge in [0.2, 0.25) is 0 Å². The van der Waals surface area contributed by atoms with E-state index in [9.17, 15) is 13.2 Å². The third-order valence-corrected chi connectivity index (χ3v) is 8.97. The maximum atomic E-state index is 13.9. The normalized spacial score (nSPS) is 19.4. The van der Waals surface area contributed by atoms with Crippen molar-refractivity contribution in [3.63, 3.8) is 0 Å². The van der Waals surface area contributed by atoms with Crippen LogP contribution in [0.15, 0.2) is 37.2 Å². The molecule has 0 saturated heterocycles. The molecule has 8 heteroatoms. The number of alkyl halides is 2. The van der Waals surface area contributed by atoms with Crippen LogP contribution in [0.3, 0.4) is 0 Å². The Hall–Kier alpha value is -1.09. The standard InChI is InChI=1S/C25H36F2O2S2.C4H5F.CH4O/c26-25(27,30-28)31-29-24-22(19-12-6-2-7-13-19)16-21(18-10-4-1-5-11-18)17-23(24)20-14-8-3-9-15-20;1-3-4(2)5;1-2/h16-20,28H,1-15H2;3H,1-2H2;2H,1H3. The number of aliphatic hydroxyl groups excluding tert-OH is 1. The number of aliphatic hydroxyl groups is 1. The molecular formula is C30H45F3O3S2. The second-order valence-corrected chi connectivity index (χ2v) is 12.2. The van der Waals surface area contributed by atoms with E-state index < -0.39 is 22.5 Å². The molecule has 216 valence electrons. The van der Waals surface area contributed by atoms with Crippen LogP contribution in [0.4, 0.5) is 13.2 Å². The summed E-state index contributed by atoms with van der Waals surface area (Å²) in [6.07, 6.45) is 19.2. The van der Waals surface area contributed by atoms with Crippen LogP contribution in [0.1, 0.15) is 131 Å². The highest BCUT2D eigenvalue weighted by molar-refractivity contribution is 8.13. The van der Waals surface area contributed by atoms with E-state index in [1.165, 1.54) is 76.2 Å². The monoisotopic (exact) mass is 574 g/mol. The van der Waals surface area contributed by atoms with Crippen LogP contribution in [-0.2, 0) is 0 Å². The van der Waals surface area contributed by atoms with E-state index in [-0.39, 0.29) is 12.0 Å². The highest BCUT2D eigenvalue weighted by atomic mass is 32.2. The van der Waals surface area contributed by atoms with Crippen molar-refractivity contribution in [1.82, 2.24) is 0 Å². The summed E-state index contributed by atoms with van der Waals surface area (Å²) in [6, 6.07) is 4.64. The number of hydrogen-bond acceptors (Lipinski definition) is 5. The minimum absolute atomic E-state index is 0.109. The van der Waals surface area contributed by atoms with Crippen LogP contribution in [0, 0.1) is 0 Å². The fourth-order valence-electron chi connectivity index (χ4n) is 6.01. The molecule has 0 amide bonds. The van der Waals surface area contributed by atoms with Crippen molar-refractivity contribution < 1.29 is 27.0 Å². The van der Waals surface area contributed by atoms with E-state index >= 15 is 0 Å². The van der Waals surface area contributed by atoms with Crippen molar-refractivity contribution in [2.45, 2.75) is 119 Å². The van der Waals surface area contributed by atoms with Gasteiger partial charge < -0.3 is 13.8 Å². The summed E-state index contributed by atoms with van der Waals surface area (Å²) in [5.41, 5.74) is 3.74. The van der Waals surface area contributed by atoms with Gasteiger partial charge in [-0.05, 0) is 79.0 Å². The minimum Gasteiger partial charge on any atom is -0.418 e. The number of halogens is 3. The van der Waals surface area contributed by atoms with Crippen LogP contribution in [-0.4, -0.2) is 21.4 Å². The molecule has 2 N–H and O–H groups in total. The molecule has 4 rings (SSSR count). The van der Waals surface area contributed by atoms with E-state index in [0.717, 1.165) is 50.0 Å². The van der Waals surface area contributed by atoms with Crippen molar-refractivity contribution >= 4 is 24.1 Å². The molecule has 0 bridgehead atoms. The number of benzene rings is 1. The SMILES string of the molecule is C=CC(=C)F.CO.OSC(F)(F)SOc1c(C2CCCCC2)cc(C2CCCCC2)cc1C1CCCCC1. The summed E-state index contributed by atoms with van der Waals surface area (Å²) in [5, 5.41) is 7.00. The Morgan fingerprint density at radius 2 is 1.21 bits per heavy atom. The first-order chi connectivity index (χ1) is 18.3. The molecular weight excluding hydrogens is 529 g/mol. The maximum absolute atomic E-state index is 13.9. The zero-order valence-corrected chi connectivity index (χ0v) is 24.4. The summed E-state index contributed by atoms with van der Waals surface area (Å²) in [5.74, 6) is 1.59. The molecule has 38 heavy (non-hydrogen) atoms. The predicted molar refractivity (Wildman–Crippen MR) is 156 cm³/mol. The average molecular weight is 575 g/mol. The Bertz CT molecular complexity index is 808. The summed E-state index contributed by atoms with van der Waals surface area (Å²) in [4.78, 5) is 0. The Morgan fingerprint density at radius 3 is 1.55 bits per heavy atom. The minimum atomic E-state index is -3.37. The van der Waals surface area contributed by atoms with Gasteiger partial charge in [0, 0.05) is 7.11 Å². The first-order valence-electron chi connectivity index (χ1n) is 14.0. The highest BCUT2D eigenvalue weighted by Crippen LogP contribution is 2.50. The maximum Gasteiger partial charge on any atom is 0.400 e. The van der Waals surface area contributed by atoms with E-state index in [4.69, 9.17) is 13.8 Å². The van der Waals surface area contributed by atoms with Gasteiger partial charge in [0.25, 0.3) is 0 Å². The lowest BCUT2D eigenvalue weighted by atomic mass is 9.75. The largest absolute Gasteiger partial charge is 0.418 e. The molecule has 1 aromatic rings. The molecule has 0 spiro atoms. The van der Waals surface area contributed by atoms with Gasteiger partial charge in [-0.3, -0.25) is 0 Å². The van der Waals surface area contributed by atoms with Gasteiger partial charge in [0.15, 0.2) is 0 Å². The van der Waals surface area contributed by atoms with E-state index in [1.54, 1.807) is 0 Å². The van der Waals surface area contributed by atoms with Crippen LogP contribution in [0.2, 0.25) is 0 Å². The molecule has 3 nitrogen and oxygen atoms in total. The predicted octanol–water partition coefficient (Wildman–Crippen LogP) is 10.9. The summed E-state index contributed by atoms with van der Waals surface area (Å²) in [6.45, 7) is 5.97. The fourth-order valence-corrected chi connectivity index (χ4v) is 6.60. The smallest absolute Gasteiger partial charge is 0.400 e. The van der Waals surface area contributed by atoms with Crippen molar-refractivity contribution in [3.8, 4) is 5.75 Å². The summed E-state index contributed by atoms with van der Waals surface area (Å²) < 4.78 is 50.4. The summed E-state index contributed by atoms with van der Waals surface area (Å²) >= 11 is -0.331. The van der Waals surface area contributed by atoms with Crippen molar-refractivity contribution in [2.24, 2.45) is 0 Å². The third-order valence-electron chi connectivity index (χ3n) is 7.89. The molecule has 3 aliphatic carbocycles. The molecule has 0 unspecified atom stereocenters. The second-order valence-electron chi connectivity index (χ2n) is 10.4. The van der Waals surface area contributed by atoms with Gasteiger partial charge in [0.1, 0.15) is 23.6 Å². The number of hydrogen-bond donors (Lipinski definition) is 2. The van der Waals surface area contributed by atoms with Gasteiger partial charge in [0.05, 0.1) is 12.0 Å². The molecule has 0 heterocycles. The van der Waals surface area contributed by atoms with Crippen LogP contribution >= 0.6 is 24.1 Å². The fraction of sp³-hybridized carbons (Fsp3) is 0.667. The van der Waals surface area contributed by atoms with Crippen molar-refractivity contribution in [1.29, 1.82) is 0 Å². The van der Waals surface area contributed by atoms with Crippen molar-refractivity contribution in [2.75, 3.05) is 7.11 Å². The molecule has 0 aliphatic heterocycles. The van der Waals surface area contributed by atoms with Gasteiger partial charge in [-0.15, -0.1) is 0 Å². The molecule has 1 aromatic carbocycles. The van der Waals surface area contributed by atoms with Crippen LogP contribution in [0.5, 0.6) is 5.75 Å². The van der Waals surface area contributed by atoms with E-state index in [2.05, 4.69) is 25.3 Å². The molecule has 3 aliphatic rings. The van der Waals surface area contributed by atoms with Crippen LogP contribution in [0.25, 0.3) is 0 Å². The quantitative estimate of drug-likeness (QED) is 0.184. The highest BCUT2D eigenvalue weighted by Gasteiger charge is 2.36. The Labute approximate surface area is 236 Å². The first kappa shape index (κ1) is 33.1. The van der Waals surface area contributed by atoms with E-state index in [1.807, 2.05) is 0 Å². The lowest BCUT2D eigenvalue weighted by molar-refractivity contribution is 0.197. The molecule has 3 fully saturated rings. The number of rotatable bonds is 8. The van der Waals surface area contributed by atoms with Gasteiger partial charge in [-0.2, -0.15) is 8.78 Å². The molecule has 0 aromatic heterocycles. The molecule has 3 saturated carbocycles. The number of allylic oxidation sites excluding steroid dienone is 2. The zero-order valence-electron chi connectivity index (χ0n) is 22.7. The summed E-state index contributed by atoms with van der Waals surface area (Å²) in [7, 11) is 1.00. The molecule has 0 atom stereocenters. The Balaban J connectivity index is 0.000000651. The second kappa shape index (κ2) is 17.6. The zero-order chi connectivity index (χ0) is 28.0.